The quantitative estimate of drug-likeness (QED) is 0.587. The van der Waals surface area contributed by atoms with E-state index in [0.29, 0.717) is 0 Å². The largest absolute Gasteiger partial charge is 0.377 e. The van der Waals surface area contributed by atoms with Crippen molar-refractivity contribution in [3.05, 3.63) is 18.5 Å². The van der Waals surface area contributed by atoms with Crippen molar-refractivity contribution in [2.45, 2.75) is 13.5 Å². The van der Waals surface area contributed by atoms with Crippen LogP contribution < -0.4 is 0 Å². The number of aryl methyl sites for hydroxylation is 1. The Bertz CT molecular complexity index is 125. The van der Waals surface area contributed by atoms with Gasteiger partial charge in [0, 0.05) is 39.3 Å². The Kier molecular flexibility index (Phi) is 4.38. The minimum absolute atomic E-state index is 0. The molecule has 0 fully saturated rings. The SMILES string of the molecule is CCn1[c-]ccn1.[Y]. The van der Waals surface area contributed by atoms with Crippen molar-refractivity contribution in [2.75, 3.05) is 0 Å². The topological polar surface area (TPSA) is 17.8 Å². The molecule has 0 aromatic carbocycles. The molecule has 0 unspecified atom stereocenters. The van der Waals surface area contributed by atoms with E-state index in [-0.39, 0.29) is 32.7 Å². The fourth-order valence-electron chi connectivity index (χ4n) is 0.439. The standard InChI is InChI=1S/C5H7N2.Y/c1-2-7-5-3-4-6-7;/h3-4H,2H2,1H3;/q-1;. The Hall–Kier alpha value is 0.314. The maximum atomic E-state index is 3.90. The van der Waals surface area contributed by atoms with Crippen LogP contribution in [0.5, 0.6) is 0 Å². The second-order valence-corrected chi connectivity index (χ2v) is 1.28. The van der Waals surface area contributed by atoms with E-state index in [4.69, 9.17) is 0 Å². The van der Waals surface area contributed by atoms with Crippen LogP contribution in [-0.4, -0.2) is 9.78 Å². The smallest absolute Gasteiger partial charge is 0.0162 e. The van der Waals surface area contributed by atoms with Gasteiger partial charge in [-0.15, -0.1) is 12.4 Å². The summed E-state index contributed by atoms with van der Waals surface area (Å²) in [6.45, 7) is 2.94. The Morgan fingerprint density at radius 3 is 2.75 bits per heavy atom. The summed E-state index contributed by atoms with van der Waals surface area (Å²) in [4.78, 5) is 0. The van der Waals surface area contributed by atoms with E-state index < -0.39 is 0 Å². The maximum absolute atomic E-state index is 3.90. The molecule has 0 spiro atoms. The van der Waals surface area contributed by atoms with E-state index in [9.17, 15) is 0 Å². The number of hydrogen-bond acceptors (Lipinski definition) is 1. The van der Waals surface area contributed by atoms with E-state index in [1.807, 2.05) is 6.92 Å². The summed E-state index contributed by atoms with van der Waals surface area (Å²) in [6.07, 6.45) is 4.62. The van der Waals surface area contributed by atoms with Gasteiger partial charge in [0.15, 0.2) is 0 Å². The molecule has 1 rings (SSSR count). The van der Waals surface area contributed by atoms with E-state index in [1.165, 1.54) is 0 Å². The van der Waals surface area contributed by atoms with Gasteiger partial charge in [-0.3, -0.25) is 5.10 Å². The molecule has 1 aromatic heterocycles. The average molecular weight is 184 g/mol. The number of nitrogens with zero attached hydrogens (tertiary/aromatic N) is 2. The normalized spacial score (nSPS) is 8.12. The van der Waals surface area contributed by atoms with E-state index >= 15 is 0 Å². The molecule has 1 heterocycles. The van der Waals surface area contributed by atoms with Crippen molar-refractivity contribution in [3.63, 3.8) is 0 Å². The van der Waals surface area contributed by atoms with Crippen molar-refractivity contribution in [3.8, 4) is 0 Å². The Labute approximate surface area is 74.2 Å². The summed E-state index contributed by atoms with van der Waals surface area (Å²) in [5, 5.41) is 3.90. The van der Waals surface area contributed by atoms with Crippen molar-refractivity contribution < 1.29 is 32.7 Å². The van der Waals surface area contributed by atoms with Crippen molar-refractivity contribution in [2.24, 2.45) is 0 Å². The molecule has 8 heavy (non-hydrogen) atoms. The van der Waals surface area contributed by atoms with Gasteiger partial charge in [-0.2, -0.15) is 6.07 Å². The molecule has 1 radical (unpaired) electrons. The van der Waals surface area contributed by atoms with Crippen LogP contribution in [0, 0.1) is 6.20 Å². The first kappa shape index (κ1) is 8.31. The van der Waals surface area contributed by atoms with Crippen molar-refractivity contribution in [1.29, 1.82) is 0 Å². The van der Waals surface area contributed by atoms with Gasteiger partial charge in [-0.1, -0.05) is 0 Å². The minimum Gasteiger partial charge on any atom is -0.377 e. The molecule has 41 valence electrons. The molecule has 0 aliphatic rings. The fourth-order valence-corrected chi connectivity index (χ4v) is 0.439. The van der Waals surface area contributed by atoms with Crippen molar-refractivity contribution in [1.82, 2.24) is 9.78 Å². The molecule has 0 aliphatic carbocycles. The first-order valence-electron chi connectivity index (χ1n) is 2.33. The summed E-state index contributed by atoms with van der Waals surface area (Å²) in [5.74, 6) is 0. The Morgan fingerprint density at radius 1 is 1.75 bits per heavy atom. The zero-order valence-electron chi connectivity index (χ0n) is 4.83. The van der Waals surface area contributed by atoms with Crippen LogP contribution in [-0.2, 0) is 39.3 Å². The number of aromatic nitrogens is 2. The molecule has 3 heteroatoms. The molecule has 0 aliphatic heterocycles. The molecular weight excluding hydrogens is 177 g/mol. The molecule has 0 saturated carbocycles. The van der Waals surface area contributed by atoms with Crippen LogP contribution in [0.1, 0.15) is 6.92 Å². The van der Waals surface area contributed by atoms with Crippen LogP contribution >= 0.6 is 0 Å². The molecule has 0 saturated heterocycles. The number of rotatable bonds is 1. The zero-order valence-corrected chi connectivity index (χ0v) is 7.67. The first-order valence-corrected chi connectivity index (χ1v) is 2.33. The third-order valence-corrected chi connectivity index (χ3v) is 0.804. The maximum Gasteiger partial charge on any atom is 0.0162 e. The third kappa shape index (κ3) is 2.06. The first-order chi connectivity index (χ1) is 3.43. The van der Waals surface area contributed by atoms with Gasteiger partial charge in [0.05, 0.1) is 0 Å². The van der Waals surface area contributed by atoms with Gasteiger partial charge < -0.3 is 4.68 Å². The molecule has 1 aromatic rings. The van der Waals surface area contributed by atoms with Crippen LogP contribution in [0.15, 0.2) is 12.3 Å². The van der Waals surface area contributed by atoms with Gasteiger partial charge in [0.25, 0.3) is 0 Å². The number of hydrogen-bond donors (Lipinski definition) is 0. The summed E-state index contributed by atoms with van der Waals surface area (Å²) in [7, 11) is 0. The predicted molar refractivity (Wildman–Crippen MR) is 26.7 cm³/mol. The van der Waals surface area contributed by atoms with Crippen LogP contribution in [0.4, 0.5) is 0 Å². The van der Waals surface area contributed by atoms with Crippen LogP contribution in [0.3, 0.4) is 0 Å². The monoisotopic (exact) mass is 184 g/mol. The van der Waals surface area contributed by atoms with Gasteiger partial charge >= 0.3 is 0 Å². The summed E-state index contributed by atoms with van der Waals surface area (Å²) in [6, 6.07) is 1.80. The third-order valence-electron chi connectivity index (χ3n) is 0.804. The van der Waals surface area contributed by atoms with Crippen molar-refractivity contribution >= 4 is 0 Å². The molecule has 0 N–H and O–H groups in total. The fraction of sp³-hybridized carbons (Fsp3) is 0.400. The molecule has 2 nitrogen and oxygen atoms in total. The van der Waals surface area contributed by atoms with E-state index in [0.717, 1.165) is 6.54 Å². The van der Waals surface area contributed by atoms with Gasteiger partial charge in [-0.25, -0.2) is 0 Å². The molecule has 0 atom stereocenters. The van der Waals surface area contributed by atoms with E-state index in [2.05, 4.69) is 11.3 Å². The second kappa shape index (κ2) is 4.22. The van der Waals surface area contributed by atoms with Gasteiger partial charge in [0.2, 0.25) is 0 Å². The minimum atomic E-state index is 0. The van der Waals surface area contributed by atoms with Gasteiger partial charge in [0.1, 0.15) is 0 Å². The van der Waals surface area contributed by atoms with Crippen LogP contribution in [0.2, 0.25) is 0 Å². The summed E-state index contributed by atoms with van der Waals surface area (Å²) in [5.41, 5.74) is 0. The summed E-state index contributed by atoms with van der Waals surface area (Å²) >= 11 is 0. The second-order valence-electron chi connectivity index (χ2n) is 1.28. The van der Waals surface area contributed by atoms with E-state index in [1.54, 1.807) is 16.9 Å². The molecular formula is C5H7N2Y-. The average Bonchev–Trinajstić information content (AvgIpc) is 2.14. The van der Waals surface area contributed by atoms with Crippen LogP contribution in [0.25, 0.3) is 0 Å². The Morgan fingerprint density at radius 2 is 2.50 bits per heavy atom. The summed E-state index contributed by atoms with van der Waals surface area (Å²) < 4.78 is 1.75. The Balaban J connectivity index is 0.000000490. The zero-order chi connectivity index (χ0) is 5.11. The molecule has 0 amide bonds. The molecule has 0 bridgehead atoms. The van der Waals surface area contributed by atoms with Gasteiger partial charge in [-0.05, 0) is 6.92 Å². The predicted octanol–water partition coefficient (Wildman–Crippen LogP) is 0.701.